The number of hydrogen-bond donors (Lipinski definition) is 6. The van der Waals surface area contributed by atoms with E-state index in [1.165, 1.54) is 32.4 Å². The number of aldehydes is 1. The smallest absolute Gasteiger partial charge is 0.337 e. The van der Waals surface area contributed by atoms with E-state index in [0.29, 0.717) is 5.56 Å². The molecule has 0 aromatic heterocycles. The average molecular weight is 362 g/mol. The summed E-state index contributed by atoms with van der Waals surface area (Å²) in [5.74, 6) is -0.212. The predicted molar refractivity (Wildman–Crippen MR) is 83.2 cm³/mol. The van der Waals surface area contributed by atoms with Crippen LogP contribution in [0.3, 0.4) is 0 Å². The molecule has 10 nitrogen and oxygen atoms in total. The summed E-state index contributed by atoms with van der Waals surface area (Å²) < 4.78 is 9.32. The highest BCUT2D eigenvalue weighted by molar-refractivity contribution is 5.90. The lowest BCUT2D eigenvalue weighted by atomic mass is 10.0. The third kappa shape index (κ3) is 7.03. The van der Waals surface area contributed by atoms with Gasteiger partial charge in [-0.25, -0.2) is 4.79 Å². The molecule has 0 aliphatic carbocycles. The quantitative estimate of drug-likeness (QED) is 0.231. The molecule has 10 heteroatoms. The van der Waals surface area contributed by atoms with Crippen LogP contribution in [0.1, 0.15) is 10.4 Å². The second-order valence-corrected chi connectivity index (χ2v) is 4.74. The van der Waals surface area contributed by atoms with Crippen LogP contribution in [-0.4, -0.2) is 88.1 Å². The van der Waals surface area contributed by atoms with Gasteiger partial charge in [-0.2, -0.15) is 0 Å². The van der Waals surface area contributed by atoms with Crippen molar-refractivity contribution in [2.75, 3.05) is 20.8 Å². The van der Waals surface area contributed by atoms with Crippen LogP contribution in [0.2, 0.25) is 0 Å². The molecule has 25 heavy (non-hydrogen) atoms. The summed E-state index contributed by atoms with van der Waals surface area (Å²) in [6.07, 6.45) is -6.84. The Balaban J connectivity index is 0.000000463. The van der Waals surface area contributed by atoms with Crippen LogP contribution >= 0.6 is 0 Å². The van der Waals surface area contributed by atoms with Gasteiger partial charge in [-0.05, 0) is 18.2 Å². The van der Waals surface area contributed by atoms with E-state index in [1.807, 2.05) is 0 Å². The molecule has 0 fully saturated rings. The molecule has 0 saturated carbocycles. The van der Waals surface area contributed by atoms with Gasteiger partial charge in [0.15, 0.2) is 17.8 Å². The first-order valence-electron chi connectivity index (χ1n) is 6.97. The second kappa shape index (κ2) is 11.3. The predicted octanol–water partition coefficient (Wildman–Crippen LogP) is -2.19. The number of ether oxygens (including phenoxy) is 2. The van der Waals surface area contributed by atoms with E-state index in [4.69, 9.17) is 30.3 Å². The van der Waals surface area contributed by atoms with Crippen molar-refractivity contribution in [3.63, 3.8) is 0 Å². The fourth-order valence-corrected chi connectivity index (χ4v) is 1.54. The normalized spacial score (nSPS) is 15.0. The van der Waals surface area contributed by atoms with Crippen LogP contribution in [0.4, 0.5) is 0 Å². The molecule has 0 aliphatic heterocycles. The minimum Gasteiger partial charge on any atom is -0.504 e. The SMILES string of the molecule is COC(=O)c1ccc(O)c(OC)c1.O=CC(O)C(O)C(O)C(O)CO. The summed E-state index contributed by atoms with van der Waals surface area (Å²) in [6, 6.07) is 4.26. The molecule has 0 heterocycles. The van der Waals surface area contributed by atoms with Crippen molar-refractivity contribution in [1.82, 2.24) is 0 Å². The summed E-state index contributed by atoms with van der Waals surface area (Å²) in [4.78, 5) is 20.9. The molecule has 0 bridgehead atoms. The Morgan fingerprint density at radius 1 is 1.16 bits per heavy atom. The van der Waals surface area contributed by atoms with Gasteiger partial charge in [-0.3, -0.25) is 0 Å². The van der Waals surface area contributed by atoms with Gasteiger partial charge in [0.1, 0.15) is 24.4 Å². The summed E-state index contributed by atoms with van der Waals surface area (Å²) in [5.41, 5.74) is 0.345. The summed E-state index contributed by atoms with van der Waals surface area (Å²) in [5, 5.41) is 52.7. The van der Waals surface area contributed by atoms with Crippen molar-refractivity contribution in [2.24, 2.45) is 0 Å². The first-order valence-corrected chi connectivity index (χ1v) is 6.97. The Hall–Kier alpha value is -2.24. The van der Waals surface area contributed by atoms with E-state index < -0.39 is 37.0 Å². The third-order valence-corrected chi connectivity index (χ3v) is 3.02. The Morgan fingerprint density at radius 3 is 2.20 bits per heavy atom. The molecule has 0 radical (unpaired) electrons. The second-order valence-electron chi connectivity index (χ2n) is 4.74. The number of carbonyl (C=O) groups excluding carboxylic acids is 2. The summed E-state index contributed by atoms with van der Waals surface area (Å²) >= 11 is 0. The van der Waals surface area contributed by atoms with Crippen LogP contribution in [0, 0.1) is 0 Å². The van der Waals surface area contributed by atoms with E-state index in [2.05, 4.69) is 4.74 Å². The number of hydrogen-bond acceptors (Lipinski definition) is 10. The molecule has 142 valence electrons. The van der Waals surface area contributed by atoms with Gasteiger partial charge in [-0.15, -0.1) is 0 Å². The van der Waals surface area contributed by atoms with Crippen LogP contribution < -0.4 is 4.74 Å². The number of aliphatic hydroxyl groups is 5. The maximum absolute atomic E-state index is 11.0. The number of phenolic OH excluding ortho intramolecular Hbond substituents is 1. The van der Waals surface area contributed by atoms with Gasteiger partial charge >= 0.3 is 5.97 Å². The van der Waals surface area contributed by atoms with Crippen molar-refractivity contribution in [3.8, 4) is 11.5 Å². The highest BCUT2D eigenvalue weighted by atomic mass is 16.5. The van der Waals surface area contributed by atoms with E-state index in [-0.39, 0.29) is 17.8 Å². The molecular weight excluding hydrogens is 340 g/mol. The Kier molecular flexibility index (Phi) is 10.3. The van der Waals surface area contributed by atoms with Crippen molar-refractivity contribution in [1.29, 1.82) is 0 Å². The molecule has 0 amide bonds. The number of carbonyl (C=O) groups is 2. The number of esters is 1. The molecule has 0 aliphatic rings. The Morgan fingerprint density at radius 2 is 1.76 bits per heavy atom. The molecular formula is C15H22O10. The molecule has 0 saturated heterocycles. The van der Waals surface area contributed by atoms with Gasteiger partial charge in [0.2, 0.25) is 0 Å². The van der Waals surface area contributed by atoms with E-state index in [1.54, 1.807) is 0 Å². The van der Waals surface area contributed by atoms with E-state index >= 15 is 0 Å². The van der Waals surface area contributed by atoms with Gasteiger partial charge in [0, 0.05) is 0 Å². The average Bonchev–Trinajstić information content (AvgIpc) is 2.65. The van der Waals surface area contributed by atoms with Crippen molar-refractivity contribution in [3.05, 3.63) is 23.8 Å². The van der Waals surface area contributed by atoms with Crippen molar-refractivity contribution < 1.29 is 49.7 Å². The zero-order valence-electron chi connectivity index (χ0n) is 13.6. The largest absolute Gasteiger partial charge is 0.504 e. The zero-order chi connectivity index (χ0) is 19.6. The highest BCUT2D eigenvalue weighted by Crippen LogP contribution is 2.26. The lowest BCUT2D eigenvalue weighted by molar-refractivity contribution is -0.136. The van der Waals surface area contributed by atoms with E-state index in [9.17, 15) is 14.7 Å². The minimum absolute atomic E-state index is 0.00449. The van der Waals surface area contributed by atoms with Gasteiger partial charge in [0.05, 0.1) is 26.4 Å². The minimum atomic E-state index is -1.79. The molecule has 1 aromatic rings. The Bertz CT molecular complexity index is 547. The summed E-state index contributed by atoms with van der Waals surface area (Å²) in [6.45, 7) is -0.760. The highest BCUT2D eigenvalue weighted by Gasteiger charge is 2.29. The Labute approximate surface area is 143 Å². The molecule has 6 N–H and O–H groups in total. The fraction of sp³-hybridized carbons (Fsp3) is 0.467. The van der Waals surface area contributed by atoms with E-state index in [0.717, 1.165) is 0 Å². The number of aromatic hydroxyl groups is 1. The molecule has 0 spiro atoms. The van der Waals surface area contributed by atoms with Crippen molar-refractivity contribution >= 4 is 12.3 Å². The van der Waals surface area contributed by atoms with Crippen LogP contribution in [0.15, 0.2) is 18.2 Å². The molecule has 1 aromatic carbocycles. The third-order valence-electron chi connectivity index (χ3n) is 3.02. The fourth-order valence-electron chi connectivity index (χ4n) is 1.54. The van der Waals surface area contributed by atoms with Crippen molar-refractivity contribution in [2.45, 2.75) is 24.4 Å². The molecule has 1 rings (SSSR count). The van der Waals surface area contributed by atoms with Crippen LogP contribution in [0.25, 0.3) is 0 Å². The molecule has 4 atom stereocenters. The van der Waals surface area contributed by atoms with Crippen LogP contribution in [0.5, 0.6) is 11.5 Å². The maximum Gasteiger partial charge on any atom is 0.337 e. The first kappa shape index (κ1) is 22.8. The number of rotatable bonds is 7. The standard InChI is InChI=1S/C9H10O4.C6H12O6/c1-12-8-5-6(9(11)13-2)3-4-7(8)10;7-1-3(9)5(11)6(12)4(10)2-8/h3-5,10H,1-2H3;1,3-6,8-12H,2H2. The number of phenols is 1. The number of methoxy groups -OCH3 is 2. The van der Waals surface area contributed by atoms with Gasteiger partial charge in [0.25, 0.3) is 0 Å². The first-order chi connectivity index (χ1) is 11.7. The lowest BCUT2D eigenvalue weighted by Crippen LogP contribution is -2.46. The maximum atomic E-state index is 11.0. The monoisotopic (exact) mass is 362 g/mol. The van der Waals surface area contributed by atoms with Gasteiger partial charge < -0.3 is 44.9 Å². The van der Waals surface area contributed by atoms with Crippen LogP contribution in [-0.2, 0) is 9.53 Å². The number of aliphatic hydroxyl groups excluding tert-OH is 5. The lowest BCUT2D eigenvalue weighted by Gasteiger charge is -2.22. The zero-order valence-corrected chi connectivity index (χ0v) is 13.6. The topological polar surface area (TPSA) is 174 Å². The summed E-state index contributed by atoms with van der Waals surface area (Å²) in [7, 11) is 2.71. The van der Waals surface area contributed by atoms with Gasteiger partial charge in [-0.1, -0.05) is 0 Å². The molecule has 4 unspecified atom stereocenters. The number of benzene rings is 1.